The van der Waals surface area contributed by atoms with Gasteiger partial charge in [0.05, 0.1) is 0 Å². The molecule has 6 rings (SSSR count). The number of hydrogen-bond acceptors (Lipinski definition) is 13. The maximum atomic E-state index is 15.2. The molecule has 6 unspecified atom stereocenters. The number of fused-ring (bicyclic) bond motifs is 5. The number of carbonyl (C=O) groups excluding carboxylic acids is 5. The van der Waals surface area contributed by atoms with E-state index in [2.05, 4.69) is 5.32 Å². The predicted molar refractivity (Wildman–Crippen MR) is 198 cm³/mol. The van der Waals surface area contributed by atoms with E-state index < -0.39 is 107 Å². The number of ether oxygens (including phenoxy) is 4. The second-order valence-electron chi connectivity index (χ2n) is 15.9. The van der Waals surface area contributed by atoms with Gasteiger partial charge in [-0.2, -0.15) is 0 Å². The molecule has 0 aromatic heterocycles. The fourth-order valence-electron chi connectivity index (χ4n) is 9.54. The normalized spacial score (nSPS) is 34.0. The van der Waals surface area contributed by atoms with E-state index in [0.717, 1.165) is 13.9 Å². The number of aliphatic hydroxyl groups excluding tert-OH is 2. The number of carbonyl (C=O) groups is 5. The molecule has 16 heteroatoms. The van der Waals surface area contributed by atoms with Gasteiger partial charge in [0.15, 0.2) is 0 Å². The summed E-state index contributed by atoms with van der Waals surface area (Å²) in [4.78, 5) is 68.1. The summed E-state index contributed by atoms with van der Waals surface area (Å²) in [5, 5.41) is 39.5. The number of esters is 3. The molecule has 1 saturated heterocycles. The molecular weight excluding hydrogens is 724 g/mol. The van der Waals surface area contributed by atoms with Crippen LogP contribution in [0.1, 0.15) is 76.3 Å². The molecule has 295 valence electrons. The summed E-state index contributed by atoms with van der Waals surface area (Å²) in [5.74, 6) is -5.48. The summed E-state index contributed by atoms with van der Waals surface area (Å²) < 4.78 is 29.7. The van der Waals surface area contributed by atoms with E-state index in [0.29, 0.717) is 5.56 Å². The Balaban J connectivity index is 1.48. The van der Waals surface area contributed by atoms with Crippen LogP contribution in [0.25, 0.3) is 0 Å². The minimum atomic E-state index is -2.19. The van der Waals surface area contributed by atoms with Gasteiger partial charge >= 0.3 is 290 Å². The Kier molecular flexibility index (Phi) is 11.1. The number of amides is 1. The van der Waals surface area contributed by atoms with Crippen molar-refractivity contribution >= 4 is 44.0 Å². The van der Waals surface area contributed by atoms with E-state index in [1.165, 1.54) is 13.8 Å². The first-order chi connectivity index (χ1) is 26.3. The van der Waals surface area contributed by atoms with Crippen molar-refractivity contribution in [1.29, 1.82) is 0 Å². The number of hydrogen-bond donors (Lipinski definition) is 4. The van der Waals surface area contributed by atoms with Crippen LogP contribution in [-0.2, 0) is 42.8 Å². The molecule has 2 aromatic carbocycles. The molecular formula is C40H46B2NO13. The Morgan fingerprint density at radius 2 is 1.61 bits per heavy atom. The molecule has 0 spiro atoms. The van der Waals surface area contributed by atoms with Gasteiger partial charge < -0.3 is 0 Å². The molecule has 1 aliphatic heterocycles. The molecule has 11 atom stereocenters. The first kappa shape index (κ1) is 41.1. The fourth-order valence-corrected chi connectivity index (χ4v) is 9.54. The molecule has 4 N–H and O–H groups in total. The van der Waals surface area contributed by atoms with Gasteiger partial charge in [-0.1, -0.05) is 24.3 Å². The fraction of sp³-hybridized carbons (Fsp3) is 0.525. The van der Waals surface area contributed by atoms with Gasteiger partial charge in [-0.05, 0) is 12.1 Å². The van der Waals surface area contributed by atoms with Crippen LogP contribution in [0, 0.1) is 16.7 Å². The number of Topliss-reactive ketones (excluding diaryl/α,β-unsaturated/α-hetero) is 1. The zero-order chi connectivity index (χ0) is 41.0. The molecule has 2 saturated carbocycles. The number of rotatable bonds is 10. The SMILES string of the molecule is [B]=BO[C@H]1C2C(C)(C(=O)C(OC(C)=O)C3=C(C)C(OC(=O)[C@H](O)[C@@H](NC(=O)c4ccccc4)c4ccccc4)CC1(O)C3(C)C)[C@@H](O)CC1OC[C@]12OC(C)=O. The molecule has 3 fully saturated rings. The summed E-state index contributed by atoms with van der Waals surface area (Å²) >= 11 is 0. The number of ketones is 1. The summed E-state index contributed by atoms with van der Waals surface area (Å²) in [6.45, 7) is 8.27. The Hall–Kier alpha value is -4.50. The van der Waals surface area contributed by atoms with Crippen molar-refractivity contribution < 1.29 is 62.9 Å². The van der Waals surface area contributed by atoms with E-state index >= 15 is 4.79 Å². The standard InChI is InChI=1S/C40H46B2NO13/c1-20-25(54-36(50)30(47)29(23-13-9-7-10-14-23)43-35(49)24-15-11-8-12-16-24)18-40(51)34(56-42-41)32-38(6,26(46)17-27-39(32,19-52-27)55-22(3)45)33(48)31(53-21(2)44)28(20)37(40,4)5/h7-16,25-27,29-32,34,46-47,51H,17-19H2,1-6H3,(H,43,49)/t25?,26-,27?,29-,30+,31?,32?,34-,38?,39-,40?/m0/s1. The maximum absolute atomic E-state index is 15.2. The third kappa shape index (κ3) is 6.53. The molecule has 2 aromatic rings. The average molecular weight is 770 g/mol. The van der Waals surface area contributed by atoms with E-state index in [4.69, 9.17) is 31.0 Å². The number of nitrogens with one attached hydrogen (secondary N) is 1. The monoisotopic (exact) mass is 770 g/mol. The summed E-state index contributed by atoms with van der Waals surface area (Å²) in [6.07, 6.45) is -9.61. The molecule has 14 nitrogen and oxygen atoms in total. The van der Waals surface area contributed by atoms with Crippen LogP contribution in [0.2, 0.25) is 0 Å². The van der Waals surface area contributed by atoms with Crippen molar-refractivity contribution in [3.05, 3.63) is 82.9 Å². The topological polar surface area (TPSA) is 204 Å². The van der Waals surface area contributed by atoms with Crippen LogP contribution >= 0.6 is 0 Å². The van der Waals surface area contributed by atoms with Crippen molar-refractivity contribution in [2.24, 2.45) is 16.7 Å². The Morgan fingerprint density at radius 1 is 0.982 bits per heavy atom. The van der Waals surface area contributed by atoms with Crippen molar-refractivity contribution in [2.75, 3.05) is 6.61 Å². The average Bonchev–Trinajstić information content (AvgIpc) is 3.15. The Labute approximate surface area is 326 Å². The zero-order valence-corrected chi connectivity index (χ0v) is 32.1. The molecule has 4 aliphatic rings. The third-order valence-corrected chi connectivity index (χ3v) is 12.5. The van der Waals surface area contributed by atoms with Gasteiger partial charge in [0.1, 0.15) is 0 Å². The van der Waals surface area contributed by atoms with E-state index in [9.17, 15) is 34.5 Å². The van der Waals surface area contributed by atoms with Crippen LogP contribution in [0.4, 0.5) is 0 Å². The van der Waals surface area contributed by atoms with Gasteiger partial charge in [0.2, 0.25) is 0 Å². The first-order valence-electron chi connectivity index (χ1n) is 18.5. The van der Waals surface area contributed by atoms with Crippen molar-refractivity contribution in [3.8, 4) is 0 Å². The van der Waals surface area contributed by atoms with Gasteiger partial charge in [-0.25, -0.2) is 0 Å². The molecule has 3 aliphatic carbocycles. The Bertz CT molecular complexity index is 1940. The third-order valence-electron chi connectivity index (χ3n) is 12.5. The number of benzene rings is 2. The quantitative estimate of drug-likeness (QED) is 0.118. The van der Waals surface area contributed by atoms with Crippen LogP contribution < -0.4 is 5.32 Å². The van der Waals surface area contributed by atoms with Crippen LogP contribution in [-0.4, -0.2) is 114 Å². The van der Waals surface area contributed by atoms with Gasteiger partial charge in [-0.15, -0.1) is 0 Å². The van der Waals surface area contributed by atoms with E-state index in [1.807, 2.05) is 0 Å². The molecule has 1 radical (unpaired) electrons. The first-order valence-corrected chi connectivity index (χ1v) is 18.5. The van der Waals surface area contributed by atoms with Gasteiger partial charge in [0, 0.05) is 0 Å². The van der Waals surface area contributed by atoms with Gasteiger partial charge in [0.25, 0.3) is 0 Å². The molecule has 1 amide bonds. The second kappa shape index (κ2) is 15.1. The molecule has 56 heavy (non-hydrogen) atoms. The van der Waals surface area contributed by atoms with Crippen LogP contribution in [0.3, 0.4) is 0 Å². The van der Waals surface area contributed by atoms with Crippen molar-refractivity contribution in [1.82, 2.24) is 5.32 Å². The minimum absolute atomic E-state index is 0.0711. The molecule has 1 heterocycles. The number of aliphatic hydroxyl groups is 3. The van der Waals surface area contributed by atoms with Gasteiger partial charge in [-0.3, -0.25) is 0 Å². The molecule has 2 bridgehead atoms. The van der Waals surface area contributed by atoms with Crippen molar-refractivity contribution in [2.45, 2.75) is 108 Å². The zero-order valence-electron chi connectivity index (χ0n) is 32.1. The Morgan fingerprint density at radius 3 is 2.16 bits per heavy atom. The van der Waals surface area contributed by atoms with Crippen molar-refractivity contribution in [3.63, 3.8) is 0 Å². The summed E-state index contributed by atoms with van der Waals surface area (Å²) in [6, 6.07) is 15.2. The summed E-state index contributed by atoms with van der Waals surface area (Å²) in [7, 11) is 6.73. The van der Waals surface area contributed by atoms with E-state index in [-0.39, 0.29) is 29.7 Å². The summed E-state index contributed by atoms with van der Waals surface area (Å²) in [5.41, 5.74) is -6.27. The van der Waals surface area contributed by atoms with Crippen LogP contribution in [0.15, 0.2) is 71.8 Å². The second-order valence-corrected chi connectivity index (χ2v) is 15.9. The van der Waals surface area contributed by atoms with Crippen LogP contribution in [0.5, 0.6) is 0 Å². The predicted octanol–water partition coefficient (Wildman–Crippen LogP) is 1.60. The van der Waals surface area contributed by atoms with E-state index in [1.54, 1.807) is 81.4 Å².